The van der Waals surface area contributed by atoms with Gasteiger partial charge in [0, 0.05) is 25.2 Å². The summed E-state index contributed by atoms with van der Waals surface area (Å²) < 4.78 is 5.48. The summed E-state index contributed by atoms with van der Waals surface area (Å²) in [5, 5.41) is 0. The molecule has 1 aliphatic heterocycles. The van der Waals surface area contributed by atoms with Crippen LogP contribution in [0, 0.1) is 11.8 Å². The molecule has 4 unspecified atom stereocenters. The summed E-state index contributed by atoms with van der Waals surface area (Å²) in [6.07, 6.45) is 7.81. The van der Waals surface area contributed by atoms with E-state index in [0.29, 0.717) is 18.0 Å². The van der Waals surface area contributed by atoms with Crippen LogP contribution in [0.15, 0.2) is 0 Å². The molecule has 106 valence electrons. The summed E-state index contributed by atoms with van der Waals surface area (Å²) in [7, 11) is 2.25. The van der Waals surface area contributed by atoms with E-state index >= 15 is 0 Å². The molecule has 3 heteroatoms. The fourth-order valence-electron chi connectivity index (χ4n) is 3.65. The van der Waals surface area contributed by atoms with Gasteiger partial charge in [-0.3, -0.25) is 0 Å². The van der Waals surface area contributed by atoms with Crippen LogP contribution in [-0.2, 0) is 4.74 Å². The summed E-state index contributed by atoms with van der Waals surface area (Å²) in [5.41, 5.74) is 6.33. The normalized spacial score (nSPS) is 37.3. The highest BCUT2D eigenvalue weighted by molar-refractivity contribution is 4.86. The van der Waals surface area contributed by atoms with Crippen molar-refractivity contribution in [2.45, 2.75) is 57.5 Å². The number of rotatable bonds is 5. The van der Waals surface area contributed by atoms with E-state index < -0.39 is 0 Å². The van der Waals surface area contributed by atoms with E-state index in [1.54, 1.807) is 0 Å². The van der Waals surface area contributed by atoms with E-state index in [9.17, 15) is 0 Å². The van der Waals surface area contributed by atoms with Gasteiger partial charge in [0.05, 0.1) is 6.61 Å². The van der Waals surface area contributed by atoms with Gasteiger partial charge in [0.1, 0.15) is 0 Å². The molecule has 2 aliphatic rings. The molecule has 0 aromatic rings. The van der Waals surface area contributed by atoms with Crippen LogP contribution in [-0.4, -0.2) is 43.8 Å². The monoisotopic (exact) mass is 254 g/mol. The summed E-state index contributed by atoms with van der Waals surface area (Å²) in [6.45, 7) is 5.31. The zero-order chi connectivity index (χ0) is 13.0. The highest BCUT2D eigenvalue weighted by Crippen LogP contribution is 2.32. The molecule has 0 spiro atoms. The average Bonchev–Trinajstić information content (AvgIpc) is 2.87. The molecule has 1 saturated carbocycles. The van der Waals surface area contributed by atoms with Gasteiger partial charge in [-0.05, 0) is 44.6 Å². The molecule has 0 bridgehead atoms. The molecular formula is C15H30N2O. The van der Waals surface area contributed by atoms with Gasteiger partial charge in [0.15, 0.2) is 0 Å². The number of ether oxygens (including phenoxy) is 1. The van der Waals surface area contributed by atoms with Crippen LogP contribution in [0.3, 0.4) is 0 Å². The van der Waals surface area contributed by atoms with Crippen LogP contribution in [0.4, 0.5) is 0 Å². The Kier molecular flexibility index (Phi) is 5.46. The molecule has 2 N–H and O–H groups in total. The van der Waals surface area contributed by atoms with Gasteiger partial charge < -0.3 is 15.4 Å². The summed E-state index contributed by atoms with van der Waals surface area (Å²) >= 11 is 0. The van der Waals surface area contributed by atoms with Gasteiger partial charge in [-0.15, -0.1) is 0 Å². The zero-order valence-electron chi connectivity index (χ0n) is 12.1. The Morgan fingerprint density at radius 3 is 2.78 bits per heavy atom. The lowest BCUT2D eigenvalue weighted by Gasteiger charge is -2.37. The van der Waals surface area contributed by atoms with Gasteiger partial charge >= 0.3 is 0 Å². The van der Waals surface area contributed by atoms with Crippen LogP contribution in [0.2, 0.25) is 0 Å². The van der Waals surface area contributed by atoms with E-state index in [-0.39, 0.29) is 0 Å². The Labute approximate surface area is 112 Å². The topological polar surface area (TPSA) is 38.5 Å². The van der Waals surface area contributed by atoms with Crippen molar-refractivity contribution in [3.63, 3.8) is 0 Å². The maximum atomic E-state index is 6.33. The maximum absolute atomic E-state index is 6.33. The molecular weight excluding hydrogens is 224 g/mol. The summed E-state index contributed by atoms with van der Waals surface area (Å²) in [5.74, 6) is 1.62. The quantitative estimate of drug-likeness (QED) is 0.818. The fourth-order valence-corrected chi connectivity index (χ4v) is 3.65. The average molecular weight is 254 g/mol. The van der Waals surface area contributed by atoms with Gasteiger partial charge in [0.25, 0.3) is 0 Å². The highest BCUT2D eigenvalue weighted by atomic mass is 16.5. The molecule has 0 aromatic heterocycles. The lowest BCUT2D eigenvalue weighted by molar-refractivity contribution is 0.122. The first-order valence-electron chi connectivity index (χ1n) is 7.74. The first-order valence-corrected chi connectivity index (χ1v) is 7.74. The predicted molar refractivity (Wildman–Crippen MR) is 75.6 cm³/mol. The van der Waals surface area contributed by atoms with Crippen LogP contribution in [0.5, 0.6) is 0 Å². The lowest BCUT2D eigenvalue weighted by Crippen LogP contribution is -2.45. The van der Waals surface area contributed by atoms with Crippen molar-refractivity contribution in [1.29, 1.82) is 0 Å². The van der Waals surface area contributed by atoms with Crippen molar-refractivity contribution in [2.75, 3.05) is 26.8 Å². The number of likely N-dealkylation sites (N-methyl/N-ethyl adjacent to an activating group) is 1. The zero-order valence-corrected chi connectivity index (χ0v) is 12.1. The van der Waals surface area contributed by atoms with E-state index in [2.05, 4.69) is 18.9 Å². The second kappa shape index (κ2) is 6.88. The first kappa shape index (κ1) is 14.3. The summed E-state index contributed by atoms with van der Waals surface area (Å²) in [4.78, 5) is 2.49. The number of hydrogen-bond acceptors (Lipinski definition) is 3. The number of hydrogen-bond donors (Lipinski definition) is 1. The van der Waals surface area contributed by atoms with Gasteiger partial charge in [-0.1, -0.05) is 19.8 Å². The third kappa shape index (κ3) is 3.69. The SMILES string of the molecule is CCCC1CCC(N)C(CN(C)C2CCOC2)C1. The largest absolute Gasteiger partial charge is 0.380 e. The standard InChI is InChI=1S/C15H30N2O/c1-3-4-12-5-6-15(16)13(9-12)10-17(2)14-7-8-18-11-14/h12-15H,3-11,16H2,1-2H3. The van der Waals surface area contributed by atoms with Crippen molar-refractivity contribution in [1.82, 2.24) is 4.90 Å². The molecule has 1 heterocycles. The molecule has 2 fully saturated rings. The second-order valence-electron chi connectivity index (χ2n) is 6.35. The molecule has 0 amide bonds. The van der Waals surface area contributed by atoms with Crippen molar-refractivity contribution in [3.05, 3.63) is 0 Å². The molecule has 18 heavy (non-hydrogen) atoms. The number of nitrogens with two attached hydrogens (primary N) is 1. The van der Waals surface area contributed by atoms with E-state index in [0.717, 1.165) is 25.7 Å². The van der Waals surface area contributed by atoms with Crippen LogP contribution >= 0.6 is 0 Å². The van der Waals surface area contributed by atoms with Crippen molar-refractivity contribution in [3.8, 4) is 0 Å². The summed E-state index contributed by atoms with van der Waals surface area (Å²) in [6, 6.07) is 1.05. The fraction of sp³-hybridized carbons (Fsp3) is 1.00. The van der Waals surface area contributed by atoms with Gasteiger partial charge in [-0.25, -0.2) is 0 Å². The van der Waals surface area contributed by atoms with E-state index in [4.69, 9.17) is 10.5 Å². The van der Waals surface area contributed by atoms with E-state index in [1.807, 2.05) is 0 Å². The predicted octanol–water partition coefficient (Wildman–Crippen LogP) is 2.25. The molecule has 0 aromatic carbocycles. The van der Waals surface area contributed by atoms with Crippen molar-refractivity contribution < 1.29 is 4.74 Å². The minimum atomic E-state index is 0.419. The van der Waals surface area contributed by atoms with Gasteiger partial charge in [0.2, 0.25) is 0 Å². The minimum absolute atomic E-state index is 0.419. The Balaban J connectivity index is 1.81. The van der Waals surface area contributed by atoms with Crippen LogP contribution in [0.25, 0.3) is 0 Å². The molecule has 1 saturated heterocycles. The first-order chi connectivity index (χ1) is 8.70. The maximum Gasteiger partial charge on any atom is 0.0622 e. The molecule has 0 radical (unpaired) electrons. The lowest BCUT2D eigenvalue weighted by atomic mass is 9.76. The Morgan fingerprint density at radius 2 is 2.11 bits per heavy atom. The van der Waals surface area contributed by atoms with Crippen LogP contribution in [0.1, 0.15) is 45.4 Å². The van der Waals surface area contributed by atoms with Crippen molar-refractivity contribution in [2.24, 2.45) is 17.6 Å². The van der Waals surface area contributed by atoms with Gasteiger partial charge in [-0.2, -0.15) is 0 Å². The Hall–Kier alpha value is -0.120. The third-order valence-electron chi connectivity index (χ3n) is 4.90. The smallest absolute Gasteiger partial charge is 0.0622 e. The molecule has 2 rings (SSSR count). The molecule has 3 nitrogen and oxygen atoms in total. The number of nitrogens with zero attached hydrogens (tertiary/aromatic N) is 1. The second-order valence-corrected chi connectivity index (χ2v) is 6.35. The van der Waals surface area contributed by atoms with E-state index in [1.165, 1.54) is 38.5 Å². The Bertz CT molecular complexity index is 241. The third-order valence-corrected chi connectivity index (χ3v) is 4.90. The van der Waals surface area contributed by atoms with Crippen molar-refractivity contribution >= 4 is 0 Å². The highest BCUT2D eigenvalue weighted by Gasteiger charge is 2.30. The molecule has 4 atom stereocenters. The minimum Gasteiger partial charge on any atom is -0.380 e. The van der Waals surface area contributed by atoms with Crippen LogP contribution < -0.4 is 5.73 Å². The Morgan fingerprint density at radius 1 is 1.28 bits per heavy atom. The molecule has 1 aliphatic carbocycles.